The van der Waals surface area contributed by atoms with Crippen molar-refractivity contribution in [3.63, 3.8) is 0 Å². The Kier molecular flexibility index (Phi) is 3.76. The van der Waals surface area contributed by atoms with Gasteiger partial charge in [-0.25, -0.2) is 0 Å². The van der Waals surface area contributed by atoms with E-state index in [0.29, 0.717) is 5.92 Å². The normalized spacial score (nSPS) is 28.3. The van der Waals surface area contributed by atoms with E-state index in [-0.39, 0.29) is 11.5 Å². The summed E-state index contributed by atoms with van der Waals surface area (Å²) in [6.45, 7) is 5.07. The second-order valence-electron chi connectivity index (χ2n) is 4.00. The topological polar surface area (TPSA) is 9.23 Å². The lowest BCUT2D eigenvalue weighted by Gasteiger charge is -2.19. The molecule has 1 aromatic rings. The molecular weight excluding hydrogens is 296 g/mol. The zero-order valence-electron chi connectivity index (χ0n) is 8.80. The molecule has 4 heteroatoms. The summed E-state index contributed by atoms with van der Waals surface area (Å²) in [6.07, 6.45) is 1.35. The Morgan fingerprint density at radius 1 is 1.67 bits per heavy atom. The van der Waals surface area contributed by atoms with Crippen LogP contribution >= 0.6 is 38.9 Å². The molecule has 2 heterocycles. The molecular formula is C11H14BrClOS. The molecule has 0 radical (unpaired) electrons. The summed E-state index contributed by atoms with van der Waals surface area (Å²) in [4.78, 5) is 2.55. The highest BCUT2D eigenvalue weighted by Gasteiger charge is 2.33. The van der Waals surface area contributed by atoms with E-state index in [1.807, 2.05) is 0 Å². The highest BCUT2D eigenvalue weighted by Crippen LogP contribution is 2.44. The van der Waals surface area contributed by atoms with Gasteiger partial charge in [0.05, 0.1) is 11.5 Å². The van der Waals surface area contributed by atoms with Crippen molar-refractivity contribution in [1.82, 2.24) is 0 Å². The molecule has 1 aliphatic heterocycles. The summed E-state index contributed by atoms with van der Waals surface area (Å²) in [7, 11) is 0. The highest BCUT2D eigenvalue weighted by molar-refractivity contribution is 9.10. The molecule has 0 amide bonds. The number of ether oxygens (including phenoxy) is 1. The Hall–Kier alpha value is 0.430. The molecule has 0 aromatic carbocycles. The summed E-state index contributed by atoms with van der Waals surface area (Å²) in [5.41, 5.74) is 0. The van der Waals surface area contributed by atoms with Gasteiger partial charge in [-0.05, 0) is 42.3 Å². The standard InChI is InChI=1S/C11H14BrClOS/c1-6-5-9(12)11(15-6)10(13)8-3-4-14-7(8)2/h5,7-8,10H,3-4H2,1-2H3. The van der Waals surface area contributed by atoms with E-state index < -0.39 is 0 Å². The molecule has 3 unspecified atom stereocenters. The van der Waals surface area contributed by atoms with Gasteiger partial charge in [-0.1, -0.05) is 0 Å². The number of rotatable bonds is 2. The molecule has 3 atom stereocenters. The molecule has 0 bridgehead atoms. The number of halogens is 2. The second kappa shape index (κ2) is 4.74. The van der Waals surface area contributed by atoms with Crippen molar-refractivity contribution < 1.29 is 4.74 Å². The number of alkyl halides is 1. The van der Waals surface area contributed by atoms with Crippen molar-refractivity contribution in [3.05, 3.63) is 20.3 Å². The van der Waals surface area contributed by atoms with Crippen molar-refractivity contribution >= 4 is 38.9 Å². The summed E-state index contributed by atoms with van der Waals surface area (Å²) in [5, 5.41) is 0.0792. The number of aryl methyl sites for hydroxylation is 1. The molecule has 1 aromatic heterocycles. The third-order valence-corrected chi connectivity index (χ3v) is 5.62. The van der Waals surface area contributed by atoms with Crippen LogP contribution in [0.5, 0.6) is 0 Å². The maximum Gasteiger partial charge on any atom is 0.0743 e. The Balaban J connectivity index is 2.19. The third kappa shape index (κ3) is 2.41. The Morgan fingerprint density at radius 3 is 2.87 bits per heavy atom. The van der Waals surface area contributed by atoms with Gasteiger partial charge in [0.15, 0.2) is 0 Å². The van der Waals surface area contributed by atoms with Crippen molar-refractivity contribution in [2.45, 2.75) is 31.7 Å². The van der Waals surface area contributed by atoms with Crippen LogP contribution in [-0.2, 0) is 4.74 Å². The van der Waals surface area contributed by atoms with Gasteiger partial charge in [-0.3, -0.25) is 0 Å². The number of thiophene rings is 1. The van der Waals surface area contributed by atoms with Crippen LogP contribution in [0.3, 0.4) is 0 Å². The quantitative estimate of drug-likeness (QED) is 0.730. The van der Waals surface area contributed by atoms with Crippen LogP contribution in [0.4, 0.5) is 0 Å². The second-order valence-corrected chi connectivity index (χ2v) is 6.61. The summed E-state index contributed by atoms with van der Waals surface area (Å²) in [5.74, 6) is 0.445. The SMILES string of the molecule is Cc1cc(Br)c(C(Cl)C2CCOC2C)s1. The fourth-order valence-corrected chi connectivity index (χ4v) is 4.68. The van der Waals surface area contributed by atoms with E-state index in [0.717, 1.165) is 17.5 Å². The third-order valence-electron chi connectivity index (χ3n) is 2.90. The van der Waals surface area contributed by atoms with Crippen LogP contribution in [-0.4, -0.2) is 12.7 Å². The van der Waals surface area contributed by atoms with Gasteiger partial charge in [0.1, 0.15) is 0 Å². The minimum Gasteiger partial charge on any atom is -0.378 e. The van der Waals surface area contributed by atoms with E-state index in [2.05, 4.69) is 35.8 Å². The molecule has 84 valence electrons. The summed E-state index contributed by atoms with van der Waals surface area (Å²) >= 11 is 11.9. The van der Waals surface area contributed by atoms with Crippen LogP contribution < -0.4 is 0 Å². The lowest BCUT2D eigenvalue weighted by molar-refractivity contribution is 0.105. The minimum absolute atomic E-state index is 0.0792. The zero-order chi connectivity index (χ0) is 11.0. The number of hydrogen-bond acceptors (Lipinski definition) is 2. The predicted molar refractivity (Wildman–Crippen MR) is 68.9 cm³/mol. The first-order valence-electron chi connectivity index (χ1n) is 5.11. The van der Waals surface area contributed by atoms with Crippen molar-refractivity contribution in [2.24, 2.45) is 5.92 Å². The highest BCUT2D eigenvalue weighted by atomic mass is 79.9. The van der Waals surface area contributed by atoms with E-state index in [9.17, 15) is 0 Å². The Bertz CT molecular complexity index is 352. The molecule has 1 saturated heterocycles. The monoisotopic (exact) mass is 308 g/mol. The Labute approximate surface area is 108 Å². The largest absolute Gasteiger partial charge is 0.378 e. The summed E-state index contributed by atoms with van der Waals surface area (Å²) < 4.78 is 6.70. The van der Waals surface area contributed by atoms with Gasteiger partial charge < -0.3 is 4.74 Å². The zero-order valence-corrected chi connectivity index (χ0v) is 12.0. The van der Waals surface area contributed by atoms with Gasteiger partial charge >= 0.3 is 0 Å². The molecule has 15 heavy (non-hydrogen) atoms. The first kappa shape index (κ1) is 11.9. The maximum absolute atomic E-state index is 6.53. The lowest BCUT2D eigenvalue weighted by atomic mass is 9.97. The minimum atomic E-state index is 0.0792. The molecule has 1 aliphatic rings. The van der Waals surface area contributed by atoms with E-state index in [4.69, 9.17) is 16.3 Å². The van der Waals surface area contributed by atoms with Gasteiger partial charge in [0.2, 0.25) is 0 Å². The van der Waals surface area contributed by atoms with Crippen molar-refractivity contribution in [3.8, 4) is 0 Å². The van der Waals surface area contributed by atoms with Crippen LogP contribution in [0.2, 0.25) is 0 Å². The smallest absolute Gasteiger partial charge is 0.0743 e. The summed E-state index contributed by atoms with van der Waals surface area (Å²) in [6, 6.07) is 2.13. The molecule has 0 aliphatic carbocycles. The molecule has 0 N–H and O–H groups in total. The van der Waals surface area contributed by atoms with E-state index in [1.54, 1.807) is 11.3 Å². The molecule has 1 fully saturated rings. The average molecular weight is 310 g/mol. The molecule has 0 saturated carbocycles. The fourth-order valence-electron chi connectivity index (χ4n) is 2.02. The van der Waals surface area contributed by atoms with Crippen LogP contribution in [0.1, 0.15) is 28.5 Å². The van der Waals surface area contributed by atoms with Crippen molar-refractivity contribution in [2.75, 3.05) is 6.61 Å². The van der Waals surface area contributed by atoms with Gasteiger partial charge in [-0.2, -0.15) is 0 Å². The molecule has 0 spiro atoms. The Morgan fingerprint density at radius 2 is 2.40 bits per heavy atom. The van der Waals surface area contributed by atoms with Gasteiger partial charge in [0, 0.05) is 26.8 Å². The van der Waals surface area contributed by atoms with Crippen LogP contribution in [0.25, 0.3) is 0 Å². The van der Waals surface area contributed by atoms with Crippen LogP contribution in [0, 0.1) is 12.8 Å². The van der Waals surface area contributed by atoms with E-state index >= 15 is 0 Å². The first-order valence-corrected chi connectivity index (χ1v) is 7.15. The molecule has 2 rings (SSSR count). The van der Waals surface area contributed by atoms with Crippen molar-refractivity contribution in [1.29, 1.82) is 0 Å². The molecule has 1 nitrogen and oxygen atoms in total. The average Bonchev–Trinajstić information content (AvgIpc) is 2.71. The van der Waals surface area contributed by atoms with Gasteiger partial charge in [-0.15, -0.1) is 22.9 Å². The number of hydrogen-bond donors (Lipinski definition) is 0. The first-order chi connectivity index (χ1) is 7.09. The fraction of sp³-hybridized carbons (Fsp3) is 0.636. The maximum atomic E-state index is 6.53. The van der Waals surface area contributed by atoms with E-state index in [1.165, 1.54) is 9.75 Å². The van der Waals surface area contributed by atoms with Gasteiger partial charge in [0.25, 0.3) is 0 Å². The predicted octanol–water partition coefficient (Wildman–Crippen LogP) is 4.52. The lowest BCUT2D eigenvalue weighted by Crippen LogP contribution is -2.16. The van der Waals surface area contributed by atoms with Crippen LogP contribution in [0.15, 0.2) is 10.5 Å².